The molecule has 0 bridgehead atoms. The van der Waals surface area contributed by atoms with Gasteiger partial charge in [-0.15, -0.1) is 11.3 Å². The van der Waals surface area contributed by atoms with E-state index >= 15 is 0 Å². The van der Waals surface area contributed by atoms with Crippen LogP contribution in [0.4, 0.5) is 0 Å². The predicted octanol–water partition coefficient (Wildman–Crippen LogP) is 3.54. The van der Waals surface area contributed by atoms with E-state index in [1.165, 1.54) is 26.4 Å². The zero-order chi connectivity index (χ0) is 16.0. The second kappa shape index (κ2) is 5.77. The van der Waals surface area contributed by atoms with Crippen LogP contribution < -0.4 is 4.74 Å². The van der Waals surface area contributed by atoms with Gasteiger partial charge < -0.3 is 4.74 Å². The molecule has 0 N–H and O–H groups in total. The summed E-state index contributed by atoms with van der Waals surface area (Å²) in [4.78, 5) is 16.7. The fourth-order valence-corrected chi connectivity index (χ4v) is 5.15. The minimum Gasteiger partial charge on any atom is -0.497 e. The number of rotatable bonds is 3. The second-order valence-electron chi connectivity index (χ2n) is 6.55. The van der Waals surface area contributed by atoms with Crippen molar-refractivity contribution < 1.29 is 9.53 Å². The minimum absolute atomic E-state index is 0.249. The number of carbonyl (C=O) groups is 1. The Morgan fingerprint density at radius 3 is 3.00 bits per heavy atom. The fourth-order valence-electron chi connectivity index (χ4n) is 3.86. The van der Waals surface area contributed by atoms with Gasteiger partial charge in [-0.3, -0.25) is 9.69 Å². The van der Waals surface area contributed by atoms with E-state index in [4.69, 9.17) is 4.74 Å². The zero-order valence-electron chi connectivity index (χ0n) is 13.6. The molecule has 0 amide bonds. The molecule has 0 aliphatic carbocycles. The molecule has 3 nitrogen and oxygen atoms in total. The Morgan fingerprint density at radius 2 is 2.22 bits per heavy atom. The first-order valence-electron chi connectivity index (χ1n) is 8.15. The number of hydrogen-bond acceptors (Lipinski definition) is 4. The summed E-state index contributed by atoms with van der Waals surface area (Å²) >= 11 is 1.83. The number of fused-ring (bicyclic) bond motifs is 4. The van der Waals surface area contributed by atoms with Crippen molar-refractivity contribution in [2.45, 2.75) is 38.8 Å². The number of ether oxygens (including phenoxy) is 1. The van der Waals surface area contributed by atoms with Crippen molar-refractivity contribution in [2.75, 3.05) is 13.7 Å². The van der Waals surface area contributed by atoms with Crippen LogP contribution in [0.15, 0.2) is 24.3 Å². The van der Waals surface area contributed by atoms with E-state index in [0.717, 1.165) is 31.7 Å². The average molecular weight is 327 g/mol. The second-order valence-corrected chi connectivity index (χ2v) is 7.77. The van der Waals surface area contributed by atoms with E-state index in [2.05, 4.69) is 29.2 Å². The Balaban J connectivity index is 1.65. The molecule has 1 aromatic heterocycles. The highest BCUT2D eigenvalue weighted by Gasteiger charge is 2.33. The first-order chi connectivity index (χ1) is 11.1. The molecule has 4 heteroatoms. The lowest BCUT2D eigenvalue weighted by Gasteiger charge is -2.40. The highest BCUT2D eigenvalue weighted by atomic mass is 32.1. The standard InChI is InChI=1S/C19H21NO2S/c1-12(21)7-16-9-14-11-20-6-5-13-8-15(22-2)3-4-17(13)18(20)10-19(14)23-16/h3-4,8-9,18H,5-7,10-11H2,1-2H3. The van der Waals surface area contributed by atoms with Crippen molar-refractivity contribution in [3.63, 3.8) is 0 Å². The monoisotopic (exact) mass is 327 g/mol. The molecule has 120 valence electrons. The predicted molar refractivity (Wildman–Crippen MR) is 92.3 cm³/mol. The van der Waals surface area contributed by atoms with Crippen molar-refractivity contribution in [2.24, 2.45) is 0 Å². The molecule has 0 radical (unpaired) electrons. The normalized spacial score (nSPS) is 19.7. The first-order valence-corrected chi connectivity index (χ1v) is 8.96. The molecule has 0 spiro atoms. The van der Waals surface area contributed by atoms with Crippen molar-refractivity contribution in [3.05, 3.63) is 50.7 Å². The van der Waals surface area contributed by atoms with Crippen LogP contribution in [-0.2, 0) is 30.6 Å². The Bertz CT molecular complexity index is 765. The van der Waals surface area contributed by atoms with E-state index in [0.29, 0.717) is 12.5 Å². The van der Waals surface area contributed by atoms with Crippen molar-refractivity contribution in [1.29, 1.82) is 0 Å². The maximum atomic E-state index is 11.4. The number of benzene rings is 1. The maximum Gasteiger partial charge on any atom is 0.135 e. The van der Waals surface area contributed by atoms with Crippen LogP contribution in [0.25, 0.3) is 0 Å². The van der Waals surface area contributed by atoms with Crippen LogP contribution in [0, 0.1) is 0 Å². The molecule has 2 aliphatic rings. The summed E-state index contributed by atoms with van der Waals surface area (Å²) in [6, 6.07) is 9.23. The van der Waals surface area contributed by atoms with Crippen LogP contribution in [0.5, 0.6) is 5.75 Å². The molecular weight excluding hydrogens is 306 g/mol. The van der Waals surface area contributed by atoms with Crippen LogP contribution in [0.2, 0.25) is 0 Å². The first kappa shape index (κ1) is 14.9. The fraction of sp³-hybridized carbons (Fsp3) is 0.421. The van der Waals surface area contributed by atoms with E-state index in [9.17, 15) is 4.79 Å². The van der Waals surface area contributed by atoms with Gasteiger partial charge in [-0.05, 0) is 48.2 Å². The van der Waals surface area contributed by atoms with Gasteiger partial charge in [0.25, 0.3) is 0 Å². The largest absolute Gasteiger partial charge is 0.497 e. The summed E-state index contributed by atoms with van der Waals surface area (Å²) in [5.74, 6) is 1.20. The van der Waals surface area contributed by atoms with Crippen LogP contribution in [-0.4, -0.2) is 24.3 Å². The lowest BCUT2D eigenvalue weighted by Crippen LogP contribution is -2.38. The Morgan fingerprint density at radius 1 is 1.35 bits per heavy atom. The van der Waals surface area contributed by atoms with Gasteiger partial charge in [0.1, 0.15) is 11.5 Å². The summed E-state index contributed by atoms with van der Waals surface area (Å²) in [6.45, 7) is 3.79. The number of Topliss-reactive ketones (excluding diaryl/α,β-unsaturated/α-hetero) is 1. The Labute approximate surface area is 140 Å². The van der Waals surface area contributed by atoms with Crippen molar-refractivity contribution in [1.82, 2.24) is 4.90 Å². The molecule has 3 heterocycles. The number of carbonyl (C=O) groups excluding carboxylic acids is 1. The molecule has 2 aliphatic heterocycles. The number of thiophene rings is 1. The van der Waals surface area contributed by atoms with Crippen LogP contribution in [0.3, 0.4) is 0 Å². The van der Waals surface area contributed by atoms with E-state index < -0.39 is 0 Å². The SMILES string of the molecule is COc1ccc2c(c1)CCN1Cc3cc(CC(C)=O)sc3CC21. The molecule has 4 rings (SSSR count). The third-order valence-electron chi connectivity index (χ3n) is 4.94. The summed E-state index contributed by atoms with van der Waals surface area (Å²) in [7, 11) is 1.73. The quantitative estimate of drug-likeness (QED) is 0.863. The molecular formula is C19H21NO2S. The molecule has 0 saturated carbocycles. The molecule has 23 heavy (non-hydrogen) atoms. The van der Waals surface area contributed by atoms with Gasteiger partial charge in [-0.25, -0.2) is 0 Å². The molecule has 0 saturated heterocycles. The number of methoxy groups -OCH3 is 1. The Kier molecular flexibility index (Phi) is 3.74. The number of ketones is 1. The third-order valence-corrected chi connectivity index (χ3v) is 6.14. The molecule has 1 unspecified atom stereocenters. The summed E-state index contributed by atoms with van der Waals surface area (Å²) in [5, 5.41) is 0. The van der Waals surface area contributed by atoms with Gasteiger partial charge in [-0.1, -0.05) is 6.07 Å². The van der Waals surface area contributed by atoms with Crippen LogP contribution in [0.1, 0.15) is 39.4 Å². The van der Waals surface area contributed by atoms with E-state index in [1.54, 1.807) is 14.0 Å². The van der Waals surface area contributed by atoms with Gasteiger partial charge in [0.15, 0.2) is 0 Å². The topological polar surface area (TPSA) is 29.5 Å². The highest BCUT2D eigenvalue weighted by Crippen LogP contribution is 2.41. The lowest BCUT2D eigenvalue weighted by atomic mass is 9.87. The van der Waals surface area contributed by atoms with Gasteiger partial charge in [0.05, 0.1) is 7.11 Å². The van der Waals surface area contributed by atoms with Gasteiger partial charge in [0.2, 0.25) is 0 Å². The molecule has 0 fully saturated rings. The third kappa shape index (κ3) is 2.70. The van der Waals surface area contributed by atoms with E-state index in [1.807, 2.05) is 11.3 Å². The van der Waals surface area contributed by atoms with Crippen LogP contribution >= 0.6 is 11.3 Å². The summed E-state index contributed by atoms with van der Waals surface area (Å²) in [5.41, 5.74) is 4.30. The molecule has 2 aromatic rings. The lowest BCUT2D eigenvalue weighted by molar-refractivity contribution is -0.116. The van der Waals surface area contributed by atoms with Gasteiger partial charge in [0, 0.05) is 41.7 Å². The Hall–Kier alpha value is -1.65. The summed E-state index contributed by atoms with van der Waals surface area (Å²) < 4.78 is 5.37. The number of nitrogens with zero attached hydrogens (tertiary/aromatic N) is 1. The van der Waals surface area contributed by atoms with Crippen molar-refractivity contribution in [3.8, 4) is 5.75 Å². The minimum atomic E-state index is 0.249. The van der Waals surface area contributed by atoms with E-state index in [-0.39, 0.29) is 5.78 Å². The average Bonchev–Trinajstić information content (AvgIpc) is 2.92. The highest BCUT2D eigenvalue weighted by molar-refractivity contribution is 7.12. The molecule has 1 atom stereocenters. The number of hydrogen-bond donors (Lipinski definition) is 0. The summed E-state index contributed by atoms with van der Waals surface area (Å²) in [6.07, 6.45) is 2.73. The zero-order valence-corrected chi connectivity index (χ0v) is 14.4. The van der Waals surface area contributed by atoms with Gasteiger partial charge >= 0.3 is 0 Å². The molecule has 1 aromatic carbocycles. The van der Waals surface area contributed by atoms with Gasteiger partial charge in [-0.2, -0.15) is 0 Å². The smallest absolute Gasteiger partial charge is 0.135 e. The maximum absolute atomic E-state index is 11.4. The van der Waals surface area contributed by atoms with Crippen molar-refractivity contribution >= 4 is 17.1 Å².